The molecule has 5 heteroatoms. The minimum atomic E-state index is 0.780. The molecule has 2 aliphatic rings. The maximum atomic E-state index is 4.72. The number of H-pyrrole nitrogens is 1. The number of likely N-dealkylation sites (tertiary alicyclic amines) is 1. The molecule has 1 unspecified atom stereocenters. The molecule has 2 aromatic heterocycles. The second kappa shape index (κ2) is 5.88. The molecule has 4 heterocycles. The van der Waals surface area contributed by atoms with Gasteiger partial charge in [0.15, 0.2) is 0 Å². The lowest BCUT2D eigenvalue weighted by Crippen LogP contribution is -2.35. The van der Waals surface area contributed by atoms with Gasteiger partial charge in [0.25, 0.3) is 0 Å². The summed E-state index contributed by atoms with van der Waals surface area (Å²) in [6, 6.07) is 2.10. The lowest BCUT2D eigenvalue weighted by molar-refractivity contribution is 0.201. The number of nitrogens with one attached hydrogen (secondary N) is 1. The van der Waals surface area contributed by atoms with Gasteiger partial charge in [0, 0.05) is 25.8 Å². The Hall–Kier alpha value is -1.62. The Kier molecular flexibility index (Phi) is 3.74. The summed E-state index contributed by atoms with van der Waals surface area (Å²) in [4.78, 5) is 17.5. The number of nitrogens with zero attached hydrogens (tertiary/aromatic N) is 4. The highest BCUT2D eigenvalue weighted by atomic mass is 15.2. The van der Waals surface area contributed by atoms with Crippen molar-refractivity contribution < 1.29 is 0 Å². The summed E-state index contributed by atoms with van der Waals surface area (Å²) in [5.74, 6) is 2.75. The smallest absolute Gasteiger partial charge is 0.143 e. The van der Waals surface area contributed by atoms with Gasteiger partial charge < -0.3 is 14.8 Å². The normalized spacial score (nSPS) is 23.5. The molecule has 2 aromatic rings. The SMILES string of the molecule is Cc1nc(N2CCC(CN3CCCCC3)C2)c2cc[nH]c2n1. The fraction of sp³-hybridized carbons (Fsp3) is 0.647. The van der Waals surface area contributed by atoms with Crippen LogP contribution >= 0.6 is 0 Å². The number of fused-ring (bicyclic) bond motifs is 1. The Balaban J connectivity index is 1.48. The van der Waals surface area contributed by atoms with Crippen LogP contribution in [0.5, 0.6) is 0 Å². The summed E-state index contributed by atoms with van der Waals surface area (Å²) in [5, 5.41) is 1.16. The monoisotopic (exact) mass is 299 g/mol. The Bertz CT molecular complexity index is 644. The van der Waals surface area contributed by atoms with E-state index >= 15 is 0 Å². The molecule has 0 saturated carbocycles. The Morgan fingerprint density at radius 2 is 2.05 bits per heavy atom. The third kappa shape index (κ3) is 2.70. The van der Waals surface area contributed by atoms with Crippen molar-refractivity contribution in [2.45, 2.75) is 32.6 Å². The van der Waals surface area contributed by atoms with Gasteiger partial charge in [-0.15, -0.1) is 0 Å². The van der Waals surface area contributed by atoms with Crippen molar-refractivity contribution in [3.8, 4) is 0 Å². The van der Waals surface area contributed by atoms with Crippen molar-refractivity contribution in [1.29, 1.82) is 0 Å². The standard InChI is InChI=1S/C17H25N5/c1-13-19-16-15(5-7-18-16)17(20-13)22-10-6-14(12-22)11-21-8-3-2-4-9-21/h5,7,14H,2-4,6,8-12H2,1H3,(H,18,19,20). The van der Waals surface area contributed by atoms with Gasteiger partial charge in [-0.1, -0.05) is 6.42 Å². The van der Waals surface area contributed by atoms with E-state index in [2.05, 4.69) is 25.8 Å². The Morgan fingerprint density at radius 1 is 1.18 bits per heavy atom. The first-order valence-electron chi connectivity index (χ1n) is 8.58. The highest BCUT2D eigenvalue weighted by molar-refractivity contribution is 5.87. The molecule has 0 aromatic carbocycles. The van der Waals surface area contributed by atoms with Gasteiger partial charge in [0.2, 0.25) is 0 Å². The molecule has 5 nitrogen and oxygen atoms in total. The minimum absolute atomic E-state index is 0.780. The average molecular weight is 299 g/mol. The zero-order valence-electron chi connectivity index (χ0n) is 13.4. The summed E-state index contributed by atoms with van der Waals surface area (Å²) in [5.41, 5.74) is 0.960. The van der Waals surface area contributed by atoms with Crippen molar-refractivity contribution in [2.24, 2.45) is 5.92 Å². The van der Waals surface area contributed by atoms with Crippen LogP contribution in [-0.2, 0) is 0 Å². The first-order chi connectivity index (χ1) is 10.8. The molecule has 1 atom stereocenters. The van der Waals surface area contributed by atoms with Gasteiger partial charge in [0.1, 0.15) is 17.3 Å². The van der Waals surface area contributed by atoms with Gasteiger partial charge in [0.05, 0.1) is 5.39 Å². The minimum Gasteiger partial charge on any atom is -0.356 e. The summed E-state index contributed by atoms with van der Waals surface area (Å²) in [6.07, 6.45) is 7.42. The predicted octanol–water partition coefficient (Wildman–Crippen LogP) is 2.58. The van der Waals surface area contributed by atoms with E-state index in [9.17, 15) is 0 Å². The van der Waals surface area contributed by atoms with Crippen molar-refractivity contribution in [3.05, 3.63) is 18.1 Å². The van der Waals surface area contributed by atoms with Gasteiger partial charge >= 0.3 is 0 Å². The average Bonchev–Trinajstić information content (AvgIpc) is 3.16. The molecule has 0 bridgehead atoms. The van der Waals surface area contributed by atoms with Gasteiger partial charge in [-0.25, -0.2) is 9.97 Å². The van der Waals surface area contributed by atoms with E-state index in [0.717, 1.165) is 41.7 Å². The number of anilines is 1. The van der Waals surface area contributed by atoms with Crippen molar-refractivity contribution >= 4 is 16.9 Å². The summed E-state index contributed by atoms with van der Waals surface area (Å²) in [6.45, 7) is 8.08. The molecular weight excluding hydrogens is 274 g/mol. The molecule has 2 fully saturated rings. The van der Waals surface area contributed by atoms with Crippen LogP contribution in [0.25, 0.3) is 11.0 Å². The van der Waals surface area contributed by atoms with Gasteiger partial charge in [-0.05, 0) is 51.3 Å². The topological polar surface area (TPSA) is 48.1 Å². The Labute approximate surface area is 131 Å². The van der Waals surface area contributed by atoms with Crippen LogP contribution in [0, 0.1) is 12.8 Å². The van der Waals surface area contributed by atoms with Crippen molar-refractivity contribution in [2.75, 3.05) is 37.6 Å². The molecule has 4 rings (SSSR count). The number of piperidine rings is 1. The van der Waals surface area contributed by atoms with Crippen LogP contribution in [0.2, 0.25) is 0 Å². The zero-order valence-corrected chi connectivity index (χ0v) is 13.4. The number of rotatable bonds is 3. The number of aryl methyl sites for hydroxylation is 1. The fourth-order valence-electron chi connectivity index (χ4n) is 3.96. The van der Waals surface area contributed by atoms with Crippen LogP contribution in [0.3, 0.4) is 0 Å². The van der Waals surface area contributed by atoms with Crippen molar-refractivity contribution in [3.63, 3.8) is 0 Å². The number of hydrogen-bond donors (Lipinski definition) is 1. The maximum Gasteiger partial charge on any atom is 0.143 e. The molecule has 22 heavy (non-hydrogen) atoms. The van der Waals surface area contributed by atoms with E-state index in [1.807, 2.05) is 13.1 Å². The second-order valence-electron chi connectivity index (χ2n) is 6.80. The van der Waals surface area contributed by atoms with Crippen LogP contribution in [0.4, 0.5) is 5.82 Å². The van der Waals surface area contributed by atoms with Crippen LogP contribution < -0.4 is 4.90 Å². The molecule has 118 valence electrons. The number of hydrogen-bond acceptors (Lipinski definition) is 4. The molecule has 0 spiro atoms. The summed E-state index contributed by atoms with van der Waals surface area (Å²) in [7, 11) is 0. The van der Waals surface area contributed by atoms with E-state index in [1.54, 1.807) is 0 Å². The summed E-state index contributed by atoms with van der Waals surface area (Å²) < 4.78 is 0. The number of aromatic amines is 1. The molecule has 0 aliphatic carbocycles. The third-order valence-electron chi connectivity index (χ3n) is 5.06. The van der Waals surface area contributed by atoms with E-state index in [1.165, 1.54) is 45.3 Å². The highest BCUT2D eigenvalue weighted by Crippen LogP contribution is 2.29. The van der Waals surface area contributed by atoms with E-state index in [-0.39, 0.29) is 0 Å². The van der Waals surface area contributed by atoms with Crippen LogP contribution in [0.15, 0.2) is 12.3 Å². The second-order valence-corrected chi connectivity index (χ2v) is 6.80. The molecule has 2 saturated heterocycles. The quantitative estimate of drug-likeness (QED) is 0.946. The molecule has 1 N–H and O–H groups in total. The highest BCUT2D eigenvalue weighted by Gasteiger charge is 2.27. The van der Waals surface area contributed by atoms with E-state index < -0.39 is 0 Å². The van der Waals surface area contributed by atoms with Gasteiger partial charge in [-0.2, -0.15) is 0 Å². The lowest BCUT2D eigenvalue weighted by Gasteiger charge is -2.29. The van der Waals surface area contributed by atoms with E-state index in [4.69, 9.17) is 4.98 Å². The lowest BCUT2D eigenvalue weighted by atomic mass is 10.1. The zero-order chi connectivity index (χ0) is 14.9. The fourth-order valence-corrected chi connectivity index (χ4v) is 3.96. The third-order valence-corrected chi connectivity index (χ3v) is 5.06. The predicted molar refractivity (Wildman–Crippen MR) is 89.2 cm³/mol. The molecular formula is C17H25N5. The molecule has 0 radical (unpaired) electrons. The van der Waals surface area contributed by atoms with Crippen LogP contribution in [0.1, 0.15) is 31.5 Å². The first-order valence-corrected chi connectivity index (χ1v) is 8.58. The summed E-state index contributed by atoms with van der Waals surface area (Å²) >= 11 is 0. The first kappa shape index (κ1) is 14.0. The van der Waals surface area contributed by atoms with Crippen LogP contribution in [-0.4, -0.2) is 52.6 Å². The Morgan fingerprint density at radius 3 is 2.91 bits per heavy atom. The van der Waals surface area contributed by atoms with Crippen molar-refractivity contribution in [1.82, 2.24) is 19.9 Å². The molecule has 2 aliphatic heterocycles. The van der Waals surface area contributed by atoms with E-state index in [0.29, 0.717) is 0 Å². The number of aromatic nitrogens is 3. The van der Waals surface area contributed by atoms with Gasteiger partial charge in [-0.3, -0.25) is 0 Å². The largest absolute Gasteiger partial charge is 0.356 e. The maximum absolute atomic E-state index is 4.72. The molecule has 0 amide bonds.